The molecule has 1 aromatic heterocycles. The number of sulfonamides is 1. The quantitative estimate of drug-likeness (QED) is 0.707. The Morgan fingerprint density at radius 3 is 2.35 bits per heavy atom. The van der Waals surface area contributed by atoms with Crippen molar-refractivity contribution in [3.8, 4) is 0 Å². The molecular weight excluding hydrogens is 392 g/mol. The summed E-state index contributed by atoms with van der Waals surface area (Å²) in [7, 11) is -2.05. The summed E-state index contributed by atoms with van der Waals surface area (Å²) in [6.45, 7) is 1.87. The van der Waals surface area contributed by atoms with Gasteiger partial charge in [-0.1, -0.05) is 41.9 Å². The molecule has 2 N–H and O–H groups in total. The minimum absolute atomic E-state index is 0.0370. The Balaban J connectivity index is 1.88. The van der Waals surface area contributed by atoms with Crippen LogP contribution in [0.1, 0.15) is 28.2 Å². The van der Waals surface area contributed by atoms with E-state index in [0.717, 1.165) is 15.6 Å². The Kier molecular flexibility index (Phi) is 5.07. The summed E-state index contributed by atoms with van der Waals surface area (Å²) in [6, 6.07) is 13.5. The molecule has 0 unspecified atom stereocenters. The minimum Gasteiger partial charge on any atom is -0.334 e. The van der Waals surface area contributed by atoms with Gasteiger partial charge in [0.25, 0.3) is 5.91 Å². The van der Waals surface area contributed by atoms with E-state index >= 15 is 0 Å². The highest BCUT2D eigenvalue weighted by atomic mass is 35.5. The molecule has 0 aliphatic heterocycles. The van der Waals surface area contributed by atoms with E-state index in [1.165, 1.54) is 23.5 Å². The summed E-state index contributed by atoms with van der Waals surface area (Å²) < 4.78 is 23.7. The average molecular weight is 409 g/mol. The van der Waals surface area contributed by atoms with Crippen molar-refractivity contribution in [1.29, 1.82) is 0 Å². The molecule has 2 aromatic carbocycles. The van der Waals surface area contributed by atoms with Gasteiger partial charge < -0.3 is 4.90 Å². The van der Waals surface area contributed by atoms with Crippen LogP contribution in [0.15, 0.2) is 53.4 Å². The second kappa shape index (κ2) is 7.00. The Morgan fingerprint density at radius 1 is 1.15 bits per heavy atom. The van der Waals surface area contributed by atoms with Crippen molar-refractivity contribution >= 4 is 49.0 Å². The Bertz CT molecular complexity index is 1080. The van der Waals surface area contributed by atoms with E-state index in [4.69, 9.17) is 16.7 Å². The number of benzene rings is 2. The number of fused-ring (bicyclic) bond motifs is 1. The maximum Gasteiger partial charge on any atom is 0.265 e. The molecule has 0 aliphatic rings. The number of thiophene rings is 1. The van der Waals surface area contributed by atoms with Crippen LogP contribution in [0.5, 0.6) is 0 Å². The predicted octanol–water partition coefficient (Wildman–Crippen LogP) is 4.04. The molecule has 0 saturated heterocycles. The maximum absolute atomic E-state index is 12.9. The van der Waals surface area contributed by atoms with Gasteiger partial charge in [0.15, 0.2) is 0 Å². The molecule has 136 valence electrons. The Labute approximate surface area is 161 Å². The van der Waals surface area contributed by atoms with Gasteiger partial charge in [0.1, 0.15) is 4.88 Å². The van der Waals surface area contributed by atoms with Gasteiger partial charge in [-0.2, -0.15) is 0 Å². The van der Waals surface area contributed by atoms with Crippen molar-refractivity contribution in [2.75, 3.05) is 7.05 Å². The van der Waals surface area contributed by atoms with Crippen molar-refractivity contribution in [1.82, 2.24) is 4.90 Å². The van der Waals surface area contributed by atoms with E-state index in [9.17, 15) is 13.2 Å². The average Bonchev–Trinajstić information content (AvgIpc) is 2.96. The van der Waals surface area contributed by atoms with Gasteiger partial charge in [0.2, 0.25) is 10.0 Å². The topological polar surface area (TPSA) is 80.5 Å². The third-order valence-corrected chi connectivity index (χ3v) is 6.91. The third kappa shape index (κ3) is 3.48. The molecule has 0 bridgehead atoms. The molecule has 0 spiro atoms. The van der Waals surface area contributed by atoms with Crippen LogP contribution in [0.25, 0.3) is 10.1 Å². The normalized spacial score (nSPS) is 12.9. The maximum atomic E-state index is 12.9. The van der Waals surface area contributed by atoms with Crippen molar-refractivity contribution in [2.45, 2.75) is 17.9 Å². The lowest BCUT2D eigenvalue weighted by molar-refractivity contribution is 0.0747. The number of hydrogen-bond acceptors (Lipinski definition) is 4. The van der Waals surface area contributed by atoms with Gasteiger partial charge in [0, 0.05) is 17.1 Å². The van der Waals surface area contributed by atoms with Crippen LogP contribution in [0.2, 0.25) is 5.02 Å². The van der Waals surface area contributed by atoms with Crippen LogP contribution in [0.4, 0.5) is 0 Å². The number of primary sulfonamides is 1. The number of amides is 1. The van der Waals surface area contributed by atoms with E-state index in [2.05, 4.69) is 0 Å². The molecular formula is C18H17ClN2O3S2. The van der Waals surface area contributed by atoms with Crippen LogP contribution < -0.4 is 5.14 Å². The van der Waals surface area contributed by atoms with Gasteiger partial charge >= 0.3 is 0 Å². The molecule has 8 heteroatoms. The first kappa shape index (κ1) is 18.8. The van der Waals surface area contributed by atoms with Crippen LogP contribution in [0.3, 0.4) is 0 Å². The summed E-state index contributed by atoms with van der Waals surface area (Å²) >= 11 is 7.76. The highest BCUT2D eigenvalue weighted by Crippen LogP contribution is 2.36. The van der Waals surface area contributed by atoms with Crippen LogP contribution in [-0.2, 0) is 10.0 Å². The van der Waals surface area contributed by atoms with Crippen molar-refractivity contribution in [3.05, 3.63) is 64.0 Å². The molecule has 0 radical (unpaired) electrons. The summed E-state index contributed by atoms with van der Waals surface area (Å²) in [5.74, 6) is -0.181. The van der Waals surface area contributed by atoms with Gasteiger partial charge in [-0.15, -0.1) is 11.3 Å². The number of carbonyl (C=O) groups excluding carboxylic acids is 1. The zero-order valence-corrected chi connectivity index (χ0v) is 16.5. The predicted molar refractivity (Wildman–Crippen MR) is 105 cm³/mol. The molecule has 0 fully saturated rings. The van der Waals surface area contributed by atoms with Gasteiger partial charge in [-0.05, 0) is 30.7 Å². The number of halogens is 1. The molecule has 1 amide bonds. The standard InChI is InChI=1S/C18H17ClN2O3S2/c1-11(12-7-9-13(10-8-12)26(20,23)24)21(2)18(22)17-16(19)14-5-3-4-6-15(14)25-17/h3-11H,1-2H3,(H2,20,23,24)/t11-/m0/s1. The van der Waals surface area contributed by atoms with E-state index in [0.29, 0.717) is 9.90 Å². The Morgan fingerprint density at radius 2 is 1.77 bits per heavy atom. The van der Waals surface area contributed by atoms with Crippen molar-refractivity contribution < 1.29 is 13.2 Å². The molecule has 3 aromatic rings. The summed E-state index contributed by atoms with van der Waals surface area (Å²) in [5.41, 5.74) is 0.797. The zero-order valence-electron chi connectivity index (χ0n) is 14.1. The molecule has 1 heterocycles. The first-order chi connectivity index (χ1) is 12.2. The number of hydrogen-bond donors (Lipinski definition) is 1. The van der Waals surface area contributed by atoms with Crippen LogP contribution in [0, 0.1) is 0 Å². The Hall–Kier alpha value is -1.93. The van der Waals surface area contributed by atoms with Crippen LogP contribution in [-0.4, -0.2) is 26.3 Å². The van der Waals surface area contributed by atoms with Crippen LogP contribution >= 0.6 is 22.9 Å². The number of nitrogens with zero attached hydrogens (tertiary/aromatic N) is 1. The number of rotatable bonds is 4. The van der Waals surface area contributed by atoms with Gasteiger partial charge in [0.05, 0.1) is 16.0 Å². The minimum atomic E-state index is -3.74. The van der Waals surface area contributed by atoms with E-state index in [1.54, 1.807) is 24.1 Å². The summed E-state index contributed by atoms with van der Waals surface area (Å²) in [5, 5.41) is 6.43. The van der Waals surface area contributed by atoms with E-state index in [-0.39, 0.29) is 16.8 Å². The first-order valence-corrected chi connectivity index (χ1v) is 10.5. The van der Waals surface area contributed by atoms with Gasteiger partial charge in [-0.3, -0.25) is 4.79 Å². The molecule has 5 nitrogen and oxygen atoms in total. The molecule has 1 atom stereocenters. The number of nitrogens with two attached hydrogens (primary N) is 1. The molecule has 0 saturated carbocycles. The second-order valence-corrected chi connectivity index (χ2v) is 8.94. The monoisotopic (exact) mass is 408 g/mol. The molecule has 3 rings (SSSR count). The lowest BCUT2D eigenvalue weighted by atomic mass is 10.1. The summed E-state index contributed by atoms with van der Waals surface area (Å²) in [4.78, 5) is 15.0. The fourth-order valence-corrected chi connectivity index (χ4v) is 4.66. The first-order valence-electron chi connectivity index (χ1n) is 7.77. The second-order valence-electron chi connectivity index (χ2n) is 5.95. The van der Waals surface area contributed by atoms with Crippen molar-refractivity contribution in [2.24, 2.45) is 5.14 Å². The highest BCUT2D eigenvalue weighted by Gasteiger charge is 2.24. The third-order valence-electron chi connectivity index (χ3n) is 4.32. The largest absolute Gasteiger partial charge is 0.334 e. The van der Waals surface area contributed by atoms with Crippen molar-refractivity contribution in [3.63, 3.8) is 0 Å². The smallest absolute Gasteiger partial charge is 0.265 e. The molecule has 0 aliphatic carbocycles. The summed E-state index contributed by atoms with van der Waals surface area (Å²) in [6.07, 6.45) is 0. The highest BCUT2D eigenvalue weighted by molar-refractivity contribution is 7.89. The molecule has 26 heavy (non-hydrogen) atoms. The lowest BCUT2D eigenvalue weighted by Gasteiger charge is -2.25. The number of carbonyl (C=O) groups is 1. The lowest BCUT2D eigenvalue weighted by Crippen LogP contribution is -2.29. The SMILES string of the molecule is C[C@@H](c1ccc(S(N)(=O)=O)cc1)N(C)C(=O)c1sc2ccccc2c1Cl. The zero-order chi connectivity index (χ0) is 19.1. The fraction of sp³-hybridized carbons (Fsp3) is 0.167. The van der Waals surface area contributed by atoms with E-state index in [1.807, 2.05) is 31.2 Å². The van der Waals surface area contributed by atoms with E-state index < -0.39 is 10.0 Å². The fourth-order valence-electron chi connectivity index (χ4n) is 2.65. The van der Waals surface area contributed by atoms with Gasteiger partial charge in [-0.25, -0.2) is 13.6 Å².